The van der Waals surface area contributed by atoms with Gasteiger partial charge in [0.25, 0.3) is 11.2 Å². The van der Waals surface area contributed by atoms with Crippen molar-refractivity contribution in [1.82, 2.24) is 9.97 Å². The van der Waals surface area contributed by atoms with Crippen LogP contribution in [-0.4, -0.2) is 14.9 Å². The molecule has 2 aromatic heterocycles. The van der Waals surface area contributed by atoms with E-state index in [0.717, 1.165) is 0 Å². The Hall–Kier alpha value is -4.22. The second-order valence-corrected chi connectivity index (χ2v) is 6.69. The first kappa shape index (κ1) is 19.1. The van der Waals surface area contributed by atoms with Crippen molar-refractivity contribution in [2.24, 2.45) is 0 Å². The summed E-state index contributed by atoms with van der Waals surface area (Å²) in [5.74, 6) is 0.937. The van der Waals surface area contributed by atoms with Crippen LogP contribution >= 0.6 is 11.6 Å². The van der Waals surface area contributed by atoms with E-state index in [1.165, 1.54) is 24.3 Å². The van der Waals surface area contributed by atoms with Crippen molar-refractivity contribution >= 4 is 39.8 Å². The van der Waals surface area contributed by atoms with Gasteiger partial charge in [-0.3, -0.25) is 14.9 Å². The van der Waals surface area contributed by atoms with Gasteiger partial charge in [-0.15, -0.1) is 0 Å². The summed E-state index contributed by atoms with van der Waals surface area (Å²) in [6.45, 7) is 0. The van der Waals surface area contributed by atoms with Crippen LogP contribution in [0.15, 0.2) is 63.8 Å². The number of aromatic nitrogens is 2. The molecule has 0 radical (unpaired) electrons. The number of allylic oxidation sites excluding steroid dienone is 1. The fourth-order valence-corrected chi connectivity index (χ4v) is 3.04. The molecule has 0 aliphatic rings. The second-order valence-electron chi connectivity index (χ2n) is 6.25. The zero-order chi connectivity index (χ0) is 21.3. The first-order valence-corrected chi connectivity index (χ1v) is 8.99. The number of H-pyrrole nitrogens is 1. The summed E-state index contributed by atoms with van der Waals surface area (Å²) in [6.07, 6.45) is 1.45. The summed E-state index contributed by atoms with van der Waals surface area (Å²) in [5, 5.41) is 21.0. The van der Waals surface area contributed by atoms with Gasteiger partial charge in [0.15, 0.2) is 5.82 Å². The first-order chi connectivity index (χ1) is 14.4. The van der Waals surface area contributed by atoms with Crippen molar-refractivity contribution in [3.63, 3.8) is 0 Å². The molecule has 8 nitrogen and oxygen atoms in total. The van der Waals surface area contributed by atoms with Crippen LogP contribution in [0.3, 0.4) is 0 Å². The molecule has 4 aromatic rings. The molecule has 146 valence electrons. The first-order valence-electron chi connectivity index (χ1n) is 8.61. The third-order valence-electron chi connectivity index (χ3n) is 4.32. The highest BCUT2D eigenvalue weighted by atomic mass is 35.5. The Bertz CT molecular complexity index is 1410. The standard InChI is InChI=1S/C21H11ClN4O4/c22-14-3-7-18-17(10-14)21(27)25-20(24-18)13(11-23)9-16-6-8-19(30-16)12-1-4-15(5-2-12)26(28)29/h1-10H,(H,24,25,27). The van der Waals surface area contributed by atoms with E-state index >= 15 is 0 Å². The maximum absolute atomic E-state index is 12.3. The molecule has 2 heterocycles. The van der Waals surface area contributed by atoms with Crippen LogP contribution in [0.2, 0.25) is 5.02 Å². The fourth-order valence-electron chi connectivity index (χ4n) is 2.87. The molecule has 0 amide bonds. The van der Waals surface area contributed by atoms with E-state index in [9.17, 15) is 20.2 Å². The topological polar surface area (TPSA) is 126 Å². The van der Waals surface area contributed by atoms with Gasteiger partial charge >= 0.3 is 0 Å². The molecule has 0 saturated heterocycles. The molecule has 0 bridgehead atoms. The van der Waals surface area contributed by atoms with Gasteiger partial charge in [0.2, 0.25) is 0 Å². The van der Waals surface area contributed by atoms with Gasteiger partial charge in [-0.2, -0.15) is 5.26 Å². The van der Waals surface area contributed by atoms with Crippen LogP contribution in [0.4, 0.5) is 5.69 Å². The Morgan fingerprint density at radius 3 is 2.67 bits per heavy atom. The third-order valence-corrected chi connectivity index (χ3v) is 4.55. The van der Waals surface area contributed by atoms with Crippen molar-refractivity contribution < 1.29 is 9.34 Å². The number of non-ortho nitro benzene ring substituents is 1. The number of nitrogens with zero attached hydrogens (tertiary/aromatic N) is 3. The van der Waals surface area contributed by atoms with Gasteiger partial charge < -0.3 is 9.40 Å². The van der Waals surface area contributed by atoms with Crippen LogP contribution in [0.25, 0.3) is 33.9 Å². The van der Waals surface area contributed by atoms with E-state index in [0.29, 0.717) is 33.0 Å². The number of nitro benzene ring substituents is 1. The number of hydrogen-bond donors (Lipinski definition) is 1. The highest BCUT2D eigenvalue weighted by molar-refractivity contribution is 6.31. The Kier molecular flexibility index (Phi) is 4.88. The van der Waals surface area contributed by atoms with Crippen LogP contribution < -0.4 is 5.56 Å². The lowest BCUT2D eigenvalue weighted by molar-refractivity contribution is -0.384. The van der Waals surface area contributed by atoms with E-state index < -0.39 is 10.5 Å². The number of furan rings is 1. The summed E-state index contributed by atoms with van der Waals surface area (Å²) in [4.78, 5) is 29.5. The summed E-state index contributed by atoms with van der Waals surface area (Å²) in [5.41, 5.74) is 0.723. The number of nitro groups is 1. The summed E-state index contributed by atoms with van der Waals surface area (Å²) < 4.78 is 5.72. The predicted octanol–water partition coefficient (Wildman–Crippen LogP) is 4.81. The lowest BCUT2D eigenvalue weighted by Gasteiger charge is -2.02. The molecule has 0 fully saturated rings. The van der Waals surface area contributed by atoms with E-state index in [4.69, 9.17) is 16.0 Å². The number of halogens is 1. The number of nitrogens with one attached hydrogen (secondary N) is 1. The highest BCUT2D eigenvalue weighted by Crippen LogP contribution is 2.26. The van der Waals surface area contributed by atoms with Gasteiger partial charge in [0.1, 0.15) is 17.6 Å². The van der Waals surface area contributed by atoms with Crippen LogP contribution in [-0.2, 0) is 0 Å². The third kappa shape index (κ3) is 3.70. The molecule has 9 heteroatoms. The molecule has 0 atom stereocenters. The van der Waals surface area contributed by atoms with Crippen LogP contribution in [0.1, 0.15) is 11.6 Å². The average molecular weight is 419 g/mol. The molecular formula is C21H11ClN4O4. The number of nitriles is 1. The Balaban J connectivity index is 1.69. The maximum atomic E-state index is 12.3. The average Bonchev–Trinajstić information content (AvgIpc) is 3.21. The SMILES string of the molecule is N#CC(=Cc1ccc(-c2ccc([N+](=O)[O-])cc2)o1)c1nc2ccc(Cl)cc2c(=O)[nH]1. The minimum Gasteiger partial charge on any atom is -0.457 e. The van der Waals surface area contributed by atoms with Gasteiger partial charge in [0.05, 0.1) is 21.4 Å². The molecule has 0 aliphatic heterocycles. The number of hydrogen-bond acceptors (Lipinski definition) is 6. The zero-order valence-electron chi connectivity index (χ0n) is 15.1. The summed E-state index contributed by atoms with van der Waals surface area (Å²) in [6, 6.07) is 16.0. The molecule has 0 unspecified atom stereocenters. The number of benzene rings is 2. The molecule has 30 heavy (non-hydrogen) atoms. The Labute approximate surface area is 173 Å². The quantitative estimate of drug-likeness (QED) is 0.288. The molecule has 4 rings (SSSR count). The van der Waals surface area contributed by atoms with Gasteiger partial charge in [-0.1, -0.05) is 11.6 Å². The molecule has 0 aliphatic carbocycles. The van der Waals surface area contributed by atoms with E-state index in [-0.39, 0.29) is 17.1 Å². The van der Waals surface area contributed by atoms with Gasteiger partial charge in [-0.05, 0) is 42.5 Å². The lowest BCUT2D eigenvalue weighted by Crippen LogP contribution is -2.11. The van der Waals surface area contributed by atoms with Crippen LogP contribution in [0, 0.1) is 21.4 Å². The number of fused-ring (bicyclic) bond motifs is 1. The summed E-state index contributed by atoms with van der Waals surface area (Å²) >= 11 is 5.91. The molecule has 0 spiro atoms. The van der Waals surface area contributed by atoms with Crippen molar-refractivity contribution in [3.8, 4) is 17.4 Å². The predicted molar refractivity (Wildman–Crippen MR) is 112 cm³/mol. The monoisotopic (exact) mass is 418 g/mol. The number of aromatic amines is 1. The molecule has 2 aromatic carbocycles. The second kappa shape index (κ2) is 7.66. The van der Waals surface area contributed by atoms with E-state index in [1.54, 1.807) is 36.4 Å². The minimum absolute atomic E-state index is 0.0233. The fraction of sp³-hybridized carbons (Fsp3) is 0. The maximum Gasteiger partial charge on any atom is 0.269 e. The van der Waals surface area contributed by atoms with Crippen molar-refractivity contribution in [3.05, 3.63) is 91.7 Å². The molecule has 1 N–H and O–H groups in total. The molecule has 0 saturated carbocycles. The van der Waals surface area contributed by atoms with E-state index in [1.807, 2.05) is 6.07 Å². The Morgan fingerprint density at radius 2 is 1.97 bits per heavy atom. The van der Waals surface area contributed by atoms with E-state index in [2.05, 4.69) is 9.97 Å². The minimum atomic E-state index is -0.482. The molecular weight excluding hydrogens is 408 g/mol. The van der Waals surface area contributed by atoms with Crippen LogP contribution in [0.5, 0.6) is 0 Å². The zero-order valence-corrected chi connectivity index (χ0v) is 15.9. The van der Waals surface area contributed by atoms with Gasteiger partial charge in [-0.25, -0.2) is 4.98 Å². The van der Waals surface area contributed by atoms with Crippen molar-refractivity contribution in [1.29, 1.82) is 5.26 Å². The summed E-state index contributed by atoms with van der Waals surface area (Å²) in [7, 11) is 0. The lowest BCUT2D eigenvalue weighted by atomic mass is 10.1. The van der Waals surface area contributed by atoms with Crippen molar-refractivity contribution in [2.45, 2.75) is 0 Å². The van der Waals surface area contributed by atoms with Gasteiger partial charge in [0, 0.05) is 28.8 Å². The number of rotatable bonds is 4. The highest BCUT2D eigenvalue weighted by Gasteiger charge is 2.12. The van der Waals surface area contributed by atoms with Crippen molar-refractivity contribution in [2.75, 3.05) is 0 Å². The smallest absolute Gasteiger partial charge is 0.269 e. The largest absolute Gasteiger partial charge is 0.457 e. The Morgan fingerprint density at radius 1 is 1.20 bits per heavy atom. The normalized spacial score (nSPS) is 11.4.